The number of rotatable bonds is 1. The third-order valence-electron chi connectivity index (χ3n) is 1.19. The van der Waals surface area contributed by atoms with E-state index >= 15 is 0 Å². The molecule has 4 heteroatoms. The minimum absolute atomic E-state index is 0.325. The van der Waals surface area contributed by atoms with E-state index in [-0.39, 0.29) is 0 Å². The first kappa shape index (κ1) is 9.33. The van der Waals surface area contributed by atoms with Gasteiger partial charge in [0.05, 0.1) is 6.61 Å². The molecule has 68 valence electrons. The predicted molar refractivity (Wildman–Crippen MR) is 44.8 cm³/mol. The van der Waals surface area contributed by atoms with Gasteiger partial charge in [-0.15, -0.1) is 0 Å². The molecule has 0 bridgehead atoms. The molecule has 1 heterocycles. The summed E-state index contributed by atoms with van der Waals surface area (Å²) in [5.74, 6) is 4.77. The van der Waals surface area contributed by atoms with Crippen molar-refractivity contribution in [3.05, 3.63) is 17.8 Å². The molecule has 4 nitrogen and oxygen atoms in total. The van der Waals surface area contributed by atoms with Crippen molar-refractivity contribution in [2.24, 2.45) is 0 Å². The molecule has 1 aromatic heterocycles. The molecule has 0 aromatic carbocycles. The van der Waals surface area contributed by atoms with Crippen molar-refractivity contribution in [2.75, 3.05) is 6.61 Å². The van der Waals surface area contributed by atoms with Gasteiger partial charge < -0.3 is 9.15 Å². The lowest BCUT2D eigenvalue weighted by Gasteiger charge is -1.89. The minimum Gasteiger partial charge on any atom is -0.456 e. The van der Waals surface area contributed by atoms with Crippen LogP contribution in [0.25, 0.3) is 0 Å². The molecule has 0 N–H and O–H groups in total. The van der Waals surface area contributed by atoms with Gasteiger partial charge in [-0.2, -0.15) is 0 Å². The maximum absolute atomic E-state index is 10.8. The smallest absolute Gasteiger partial charge is 0.384 e. The van der Waals surface area contributed by atoms with Crippen molar-refractivity contribution in [1.82, 2.24) is 4.98 Å². The van der Waals surface area contributed by atoms with Crippen LogP contribution in [0.2, 0.25) is 0 Å². The van der Waals surface area contributed by atoms with Crippen LogP contribution in [0.15, 0.2) is 10.7 Å². The Bertz CT molecular complexity index is 356. The first-order valence-corrected chi connectivity index (χ1v) is 3.83. The highest BCUT2D eigenvalue weighted by Gasteiger charge is 1.96. The van der Waals surface area contributed by atoms with Crippen LogP contribution < -0.4 is 0 Å². The number of carbonyl (C=O) groups is 1. The Balaban J connectivity index is 2.62. The van der Waals surface area contributed by atoms with Crippen LogP contribution in [0.1, 0.15) is 18.5 Å². The number of carbonyl (C=O) groups excluding carboxylic acids is 1. The Morgan fingerprint density at radius 1 is 1.77 bits per heavy atom. The van der Waals surface area contributed by atoms with Gasteiger partial charge in [-0.25, -0.2) is 9.78 Å². The summed E-state index contributed by atoms with van der Waals surface area (Å²) in [5.41, 5.74) is 0.436. The molecule has 0 aliphatic carbocycles. The van der Waals surface area contributed by atoms with Gasteiger partial charge in [-0.05, 0) is 12.8 Å². The van der Waals surface area contributed by atoms with Gasteiger partial charge in [0, 0.05) is 12.8 Å². The number of aromatic nitrogens is 1. The third kappa shape index (κ3) is 2.99. The monoisotopic (exact) mass is 179 g/mol. The van der Waals surface area contributed by atoms with Crippen molar-refractivity contribution < 1.29 is 13.9 Å². The van der Waals surface area contributed by atoms with Gasteiger partial charge >= 0.3 is 5.97 Å². The Hall–Kier alpha value is -1.76. The van der Waals surface area contributed by atoms with Crippen molar-refractivity contribution >= 4 is 5.97 Å². The lowest BCUT2D eigenvalue weighted by molar-refractivity contribution is -0.136. The molecule has 0 saturated heterocycles. The lowest BCUT2D eigenvalue weighted by Crippen LogP contribution is -1.99. The minimum atomic E-state index is -0.553. The van der Waals surface area contributed by atoms with Crippen molar-refractivity contribution in [3.63, 3.8) is 0 Å². The van der Waals surface area contributed by atoms with Gasteiger partial charge in [0.25, 0.3) is 0 Å². The Morgan fingerprint density at radius 3 is 3.08 bits per heavy atom. The second kappa shape index (κ2) is 4.31. The zero-order valence-corrected chi connectivity index (χ0v) is 7.46. The molecule has 0 amide bonds. The van der Waals surface area contributed by atoms with E-state index in [0.717, 1.165) is 0 Å². The van der Waals surface area contributed by atoms with Gasteiger partial charge in [-0.1, -0.05) is 0 Å². The molecule has 1 aromatic rings. The second-order valence-corrected chi connectivity index (χ2v) is 2.22. The predicted octanol–water partition coefficient (Wildman–Crippen LogP) is 0.898. The summed E-state index contributed by atoms with van der Waals surface area (Å²) in [5, 5.41) is 0. The normalized spacial score (nSPS) is 8.77. The van der Waals surface area contributed by atoms with Crippen LogP contribution >= 0.6 is 0 Å². The lowest BCUT2D eigenvalue weighted by atomic mass is 10.4. The van der Waals surface area contributed by atoms with E-state index in [1.54, 1.807) is 13.8 Å². The average Bonchev–Trinajstić information content (AvgIpc) is 2.49. The maximum Gasteiger partial charge on any atom is 0.384 e. The highest BCUT2D eigenvalue weighted by atomic mass is 16.5. The molecule has 1 rings (SSSR count). The summed E-state index contributed by atoms with van der Waals surface area (Å²) in [6.45, 7) is 3.75. The van der Waals surface area contributed by atoms with E-state index < -0.39 is 5.97 Å². The number of nitrogens with zero attached hydrogens (tertiary/aromatic N) is 1. The second-order valence-electron chi connectivity index (χ2n) is 2.22. The van der Waals surface area contributed by atoms with Crippen LogP contribution in [0.5, 0.6) is 0 Å². The number of esters is 1. The molecule has 0 unspecified atom stereocenters. The Morgan fingerprint density at radius 2 is 2.54 bits per heavy atom. The summed E-state index contributed by atoms with van der Waals surface area (Å²) in [6.07, 6.45) is 1.39. The zero-order chi connectivity index (χ0) is 9.68. The molecule has 0 aliphatic heterocycles. The average molecular weight is 179 g/mol. The van der Waals surface area contributed by atoms with Crippen molar-refractivity contribution in [1.29, 1.82) is 0 Å². The standard InChI is InChI=1S/C9H9NO3/c1-3-12-9(11)5-4-8-6-13-7(2)10-8/h6H,3H2,1-2H3. The van der Waals surface area contributed by atoms with Crippen molar-refractivity contribution in [2.45, 2.75) is 13.8 Å². The quantitative estimate of drug-likeness (QED) is 0.474. The molecule has 0 saturated carbocycles. The highest BCUT2D eigenvalue weighted by Crippen LogP contribution is 1.97. The van der Waals surface area contributed by atoms with E-state index in [4.69, 9.17) is 4.42 Å². The summed E-state index contributed by atoms with van der Waals surface area (Å²) in [7, 11) is 0. The van der Waals surface area contributed by atoms with Gasteiger partial charge in [-0.3, -0.25) is 0 Å². The molecule has 0 spiro atoms. The SMILES string of the molecule is CCOC(=O)C#Cc1coc(C)n1. The van der Waals surface area contributed by atoms with Gasteiger partial charge in [0.15, 0.2) is 11.6 Å². The van der Waals surface area contributed by atoms with Gasteiger partial charge in [0.2, 0.25) is 0 Å². The summed E-state index contributed by atoms with van der Waals surface area (Å²) < 4.78 is 9.49. The summed E-state index contributed by atoms with van der Waals surface area (Å²) in [6, 6.07) is 0. The first-order chi connectivity index (χ1) is 6.22. The summed E-state index contributed by atoms with van der Waals surface area (Å²) >= 11 is 0. The van der Waals surface area contributed by atoms with E-state index in [1.807, 2.05) is 0 Å². The number of oxazole rings is 1. The van der Waals surface area contributed by atoms with E-state index in [2.05, 4.69) is 21.6 Å². The van der Waals surface area contributed by atoms with Crippen LogP contribution in [0.4, 0.5) is 0 Å². The zero-order valence-electron chi connectivity index (χ0n) is 7.46. The largest absolute Gasteiger partial charge is 0.456 e. The van der Waals surface area contributed by atoms with Crippen LogP contribution in [0, 0.1) is 18.8 Å². The molecule has 13 heavy (non-hydrogen) atoms. The fraction of sp³-hybridized carbons (Fsp3) is 0.333. The molecular formula is C9H9NO3. The van der Waals surface area contributed by atoms with Crippen molar-refractivity contribution in [3.8, 4) is 11.8 Å². The van der Waals surface area contributed by atoms with E-state index in [1.165, 1.54) is 6.26 Å². The number of aryl methyl sites for hydroxylation is 1. The third-order valence-corrected chi connectivity index (χ3v) is 1.19. The van der Waals surface area contributed by atoms with Crippen LogP contribution in [-0.4, -0.2) is 17.6 Å². The highest BCUT2D eigenvalue weighted by molar-refractivity contribution is 5.88. The van der Waals surface area contributed by atoms with Gasteiger partial charge in [0.1, 0.15) is 6.26 Å². The molecule has 0 aliphatic rings. The van der Waals surface area contributed by atoms with Crippen LogP contribution in [-0.2, 0) is 9.53 Å². The molecule has 0 radical (unpaired) electrons. The number of hydrogen-bond donors (Lipinski definition) is 0. The van der Waals surface area contributed by atoms with E-state index in [0.29, 0.717) is 18.2 Å². The Kier molecular flexibility index (Phi) is 3.09. The molecule has 0 atom stereocenters. The van der Waals surface area contributed by atoms with E-state index in [9.17, 15) is 4.79 Å². The Labute approximate surface area is 75.9 Å². The summed E-state index contributed by atoms with van der Waals surface area (Å²) in [4.78, 5) is 14.7. The van der Waals surface area contributed by atoms with Crippen LogP contribution in [0.3, 0.4) is 0 Å². The fourth-order valence-corrected chi connectivity index (χ4v) is 0.703. The first-order valence-electron chi connectivity index (χ1n) is 3.83. The molecule has 0 fully saturated rings. The molecular weight excluding hydrogens is 170 g/mol. The maximum atomic E-state index is 10.8. The topological polar surface area (TPSA) is 52.3 Å². The fourth-order valence-electron chi connectivity index (χ4n) is 0.703. The number of ether oxygens (including phenoxy) is 1. The number of hydrogen-bond acceptors (Lipinski definition) is 4.